The van der Waals surface area contributed by atoms with E-state index in [0.717, 1.165) is 11.8 Å². The molecule has 1 atom stereocenters. The van der Waals surface area contributed by atoms with Crippen molar-refractivity contribution in [3.63, 3.8) is 0 Å². The van der Waals surface area contributed by atoms with E-state index in [4.69, 9.17) is 4.74 Å². The normalized spacial score (nSPS) is 12.3. The van der Waals surface area contributed by atoms with Crippen LogP contribution in [0.15, 0.2) is 30.3 Å². The smallest absolute Gasteiger partial charge is 0.407 e. The van der Waals surface area contributed by atoms with Crippen LogP contribution in [0, 0.1) is 0 Å². The van der Waals surface area contributed by atoms with Crippen molar-refractivity contribution >= 4 is 22.1 Å². The van der Waals surface area contributed by atoms with Crippen molar-refractivity contribution < 1.29 is 26.9 Å². The van der Waals surface area contributed by atoms with Crippen LogP contribution in [0.5, 0.6) is 0 Å². The average molecular weight is 358 g/mol. The Bertz CT molecular complexity index is 645. The Balaban J connectivity index is 2.58. The summed E-state index contributed by atoms with van der Waals surface area (Å²) in [6.07, 6.45) is 0.0293. The predicted octanol–water partition coefficient (Wildman–Crippen LogP) is 0.736. The number of carbonyl (C=O) groups excluding carboxylic acids is 2. The molecule has 1 aromatic carbocycles. The molecule has 0 saturated heterocycles. The molecule has 134 valence electrons. The second-order valence-corrected chi connectivity index (χ2v) is 7.03. The molecule has 0 aromatic heterocycles. The molecule has 1 aromatic rings. The zero-order valence-electron chi connectivity index (χ0n) is 13.9. The summed E-state index contributed by atoms with van der Waals surface area (Å²) in [5.74, 6) is -0.277. The number of nitrogens with one attached hydrogen (secondary N) is 1. The van der Waals surface area contributed by atoms with Gasteiger partial charge in [0, 0.05) is 20.5 Å². The summed E-state index contributed by atoms with van der Waals surface area (Å²) in [4.78, 5) is 24.9. The number of ether oxygens (including phenoxy) is 1. The second kappa shape index (κ2) is 9.24. The number of hydrogen-bond donors (Lipinski definition) is 1. The Labute approximate surface area is 141 Å². The third-order valence-electron chi connectivity index (χ3n) is 2.94. The van der Waals surface area contributed by atoms with Crippen molar-refractivity contribution in [1.29, 1.82) is 0 Å². The van der Waals surface area contributed by atoms with Gasteiger partial charge in [0.05, 0.1) is 18.9 Å². The summed E-state index contributed by atoms with van der Waals surface area (Å²) < 4.78 is 31.9. The molecule has 0 saturated carbocycles. The highest BCUT2D eigenvalue weighted by atomic mass is 32.2. The Morgan fingerprint density at radius 2 is 1.83 bits per heavy atom. The molecular formula is C15H22N2O6S. The summed E-state index contributed by atoms with van der Waals surface area (Å²) in [7, 11) is -0.563. The van der Waals surface area contributed by atoms with Gasteiger partial charge in [-0.1, -0.05) is 30.3 Å². The van der Waals surface area contributed by atoms with E-state index in [1.165, 1.54) is 4.90 Å². The highest BCUT2D eigenvalue weighted by Crippen LogP contribution is 2.03. The number of alkyl carbamates (subject to hydrolysis) is 1. The molecule has 8 nitrogen and oxygen atoms in total. The average Bonchev–Trinajstić information content (AvgIpc) is 2.50. The van der Waals surface area contributed by atoms with E-state index in [1.54, 1.807) is 26.2 Å². The molecule has 0 aliphatic heterocycles. The van der Waals surface area contributed by atoms with Gasteiger partial charge in [0.2, 0.25) is 5.91 Å². The zero-order chi connectivity index (χ0) is 18.2. The number of hydrogen-bond acceptors (Lipinski definition) is 6. The van der Waals surface area contributed by atoms with Crippen LogP contribution in [0.1, 0.15) is 12.0 Å². The number of amides is 2. The Morgan fingerprint density at radius 1 is 1.21 bits per heavy atom. The summed E-state index contributed by atoms with van der Waals surface area (Å²) in [5.41, 5.74) is 0.806. The first kappa shape index (κ1) is 19.9. The maximum Gasteiger partial charge on any atom is 0.407 e. The second-order valence-electron chi connectivity index (χ2n) is 5.38. The van der Waals surface area contributed by atoms with Crippen molar-refractivity contribution in [3.8, 4) is 0 Å². The summed E-state index contributed by atoms with van der Waals surface area (Å²) >= 11 is 0. The quantitative estimate of drug-likeness (QED) is 0.688. The molecule has 0 aliphatic rings. The fraction of sp³-hybridized carbons (Fsp3) is 0.467. The molecule has 0 heterocycles. The largest absolute Gasteiger partial charge is 0.445 e. The molecule has 0 radical (unpaired) electrons. The molecule has 0 aliphatic carbocycles. The van der Waals surface area contributed by atoms with Gasteiger partial charge in [-0.05, 0) is 5.56 Å². The molecule has 9 heteroatoms. The van der Waals surface area contributed by atoms with E-state index >= 15 is 0 Å². The monoisotopic (exact) mass is 358 g/mol. The van der Waals surface area contributed by atoms with Gasteiger partial charge in [-0.3, -0.25) is 8.98 Å². The topological polar surface area (TPSA) is 102 Å². The van der Waals surface area contributed by atoms with Crippen molar-refractivity contribution in [2.75, 3.05) is 27.0 Å². The highest BCUT2D eigenvalue weighted by Gasteiger charge is 2.20. The molecule has 24 heavy (non-hydrogen) atoms. The summed E-state index contributed by atoms with van der Waals surface area (Å²) in [6.45, 7) is -0.285. The van der Waals surface area contributed by atoms with Crippen LogP contribution in [0.4, 0.5) is 4.79 Å². The molecule has 1 N–H and O–H groups in total. The van der Waals surface area contributed by atoms with E-state index in [9.17, 15) is 18.0 Å². The summed E-state index contributed by atoms with van der Waals surface area (Å²) in [6, 6.07) is 8.25. The number of carbonyl (C=O) groups is 2. The minimum absolute atomic E-state index is 0.0634. The van der Waals surface area contributed by atoms with Crippen LogP contribution in [0.25, 0.3) is 0 Å². The van der Waals surface area contributed by atoms with Crippen molar-refractivity contribution in [3.05, 3.63) is 35.9 Å². The Hall–Kier alpha value is -2.13. The van der Waals surface area contributed by atoms with Crippen molar-refractivity contribution in [2.24, 2.45) is 0 Å². The van der Waals surface area contributed by atoms with Crippen molar-refractivity contribution in [2.45, 2.75) is 19.1 Å². The number of nitrogens with zero attached hydrogens (tertiary/aromatic N) is 1. The van der Waals surface area contributed by atoms with Crippen LogP contribution in [-0.2, 0) is 30.4 Å². The van der Waals surface area contributed by atoms with E-state index in [2.05, 4.69) is 9.50 Å². The molecule has 2 amide bonds. The van der Waals surface area contributed by atoms with Crippen LogP contribution in [0.2, 0.25) is 0 Å². The lowest BCUT2D eigenvalue weighted by molar-refractivity contribution is -0.129. The molecule has 1 rings (SSSR count). The molecule has 0 spiro atoms. The van der Waals surface area contributed by atoms with Crippen LogP contribution >= 0.6 is 0 Å². The van der Waals surface area contributed by atoms with Crippen LogP contribution in [0.3, 0.4) is 0 Å². The number of rotatable bonds is 8. The van der Waals surface area contributed by atoms with Crippen LogP contribution < -0.4 is 5.32 Å². The summed E-state index contributed by atoms with van der Waals surface area (Å²) in [5, 5.41) is 2.45. The first-order chi connectivity index (χ1) is 11.2. The van der Waals surface area contributed by atoms with Crippen molar-refractivity contribution in [1.82, 2.24) is 10.2 Å². The Kier molecular flexibility index (Phi) is 7.66. The fourth-order valence-electron chi connectivity index (χ4n) is 1.68. The zero-order valence-corrected chi connectivity index (χ0v) is 14.7. The minimum Gasteiger partial charge on any atom is -0.445 e. The lowest BCUT2D eigenvalue weighted by atomic mass is 10.2. The van der Waals surface area contributed by atoms with E-state index in [1.807, 2.05) is 18.2 Å². The first-order valence-corrected chi connectivity index (χ1v) is 9.01. The highest BCUT2D eigenvalue weighted by molar-refractivity contribution is 7.85. The first-order valence-electron chi connectivity index (χ1n) is 7.19. The number of benzene rings is 1. The van der Waals surface area contributed by atoms with Gasteiger partial charge >= 0.3 is 6.09 Å². The maximum absolute atomic E-state index is 11.8. The Morgan fingerprint density at radius 3 is 2.38 bits per heavy atom. The van der Waals surface area contributed by atoms with Gasteiger partial charge in [-0.2, -0.15) is 8.42 Å². The molecule has 0 fully saturated rings. The predicted molar refractivity (Wildman–Crippen MR) is 87.7 cm³/mol. The van der Waals surface area contributed by atoms with E-state index in [-0.39, 0.29) is 25.5 Å². The van der Waals surface area contributed by atoms with Gasteiger partial charge in [0.1, 0.15) is 6.61 Å². The molecule has 0 unspecified atom stereocenters. The standard InChI is InChI=1S/C15H22N2O6S/c1-17(2)14(18)9-13(11-23-24(3,20)21)16-15(19)22-10-12-7-5-4-6-8-12/h4-8,13H,9-11H2,1-3H3,(H,16,19)/t13-/m1/s1. The lowest BCUT2D eigenvalue weighted by Gasteiger charge is -2.19. The van der Waals surface area contributed by atoms with Gasteiger partial charge in [0.25, 0.3) is 10.1 Å². The third-order valence-corrected chi connectivity index (χ3v) is 3.50. The molecular weight excluding hydrogens is 336 g/mol. The molecule has 0 bridgehead atoms. The van der Waals surface area contributed by atoms with Gasteiger partial charge < -0.3 is 15.0 Å². The van der Waals surface area contributed by atoms with Crippen LogP contribution in [-0.4, -0.2) is 58.3 Å². The minimum atomic E-state index is -3.68. The fourth-order valence-corrected chi connectivity index (χ4v) is 2.09. The lowest BCUT2D eigenvalue weighted by Crippen LogP contribution is -2.42. The SMILES string of the molecule is CN(C)C(=O)C[C@H](COS(C)(=O)=O)NC(=O)OCc1ccccc1. The van der Waals surface area contributed by atoms with Gasteiger partial charge in [0.15, 0.2) is 0 Å². The van der Waals surface area contributed by atoms with E-state index < -0.39 is 22.3 Å². The maximum atomic E-state index is 11.8. The van der Waals surface area contributed by atoms with E-state index in [0.29, 0.717) is 0 Å². The van der Waals surface area contributed by atoms with Gasteiger partial charge in [-0.25, -0.2) is 4.79 Å². The van der Waals surface area contributed by atoms with Gasteiger partial charge in [-0.15, -0.1) is 0 Å². The third kappa shape index (κ3) is 8.49.